The topological polar surface area (TPSA) is 59.1 Å². The SMILES string of the molecule is COC(=O)CN1C=CN(CC(=O)OC)C1C. The maximum absolute atomic E-state index is 11.1. The van der Waals surface area contributed by atoms with Crippen molar-refractivity contribution >= 4 is 11.9 Å². The highest BCUT2D eigenvalue weighted by Crippen LogP contribution is 2.14. The molecule has 0 N–H and O–H groups in total. The van der Waals surface area contributed by atoms with Crippen LogP contribution in [0.3, 0.4) is 0 Å². The highest BCUT2D eigenvalue weighted by molar-refractivity contribution is 5.72. The number of nitrogens with zero attached hydrogens (tertiary/aromatic N) is 2. The minimum absolute atomic E-state index is 0.0572. The van der Waals surface area contributed by atoms with Gasteiger partial charge in [0.05, 0.1) is 20.4 Å². The van der Waals surface area contributed by atoms with E-state index in [0.29, 0.717) is 0 Å². The van der Waals surface area contributed by atoms with Gasteiger partial charge in [-0.15, -0.1) is 0 Å². The van der Waals surface area contributed by atoms with Gasteiger partial charge in [0.1, 0.15) is 13.1 Å². The Morgan fingerprint density at radius 3 is 1.75 bits per heavy atom. The lowest BCUT2D eigenvalue weighted by molar-refractivity contribution is -0.142. The number of hydrogen-bond acceptors (Lipinski definition) is 6. The van der Waals surface area contributed by atoms with Gasteiger partial charge in [0.2, 0.25) is 0 Å². The predicted molar refractivity (Wildman–Crippen MR) is 56.0 cm³/mol. The molecule has 1 heterocycles. The summed E-state index contributed by atoms with van der Waals surface area (Å²) in [5, 5.41) is 0. The van der Waals surface area contributed by atoms with Crippen LogP contribution < -0.4 is 0 Å². The van der Waals surface area contributed by atoms with Crippen molar-refractivity contribution in [2.75, 3.05) is 27.3 Å². The molecule has 0 saturated carbocycles. The standard InChI is InChI=1S/C10H16N2O4/c1-8-11(6-9(13)15-2)4-5-12(8)7-10(14)16-3/h4-5,8H,6-7H2,1-3H3. The normalized spacial score (nSPS) is 15.4. The fraction of sp³-hybridized carbons (Fsp3) is 0.600. The van der Waals surface area contributed by atoms with Crippen molar-refractivity contribution < 1.29 is 19.1 Å². The maximum atomic E-state index is 11.1. The van der Waals surface area contributed by atoms with Crippen LogP contribution in [0.5, 0.6) is 0 Å². The largest absolute Gasteiger partial charge is 0.468 e. The van der Waals surface area contributed by atoms with Crippen molar-refractivity contribution in [3.63, 3.8) is 0 Å². The van der Waals surface area contributed by atoms with Gasteiger partial charge in [-0.25, -0.2) is 0 Å². The van der Waals surface area contributed by atoms with Gasteiger partial charge in [0.25, 0.3) is 0 Å². The van der Waals surface area contributed by atoms with Crippen molar-refractivity contribution in [3.05, 3.63) is 12.4 Å². The molecule has 1 aliphatic heterocycles. The Hall–Kier alpha value is -1.72. The molecule has 0 saturated heterocycles. The number of ether oxygens (including phenoxy) is 2. The Balaban J connectivity index is 2.48. The van der Waals surface area contributed by atoms with E-state index < -0.39 is 0 Å². The Labute approximate surface area is 94.4 Å². The number of methoxy groups -OCH3 is 2. The first-order chi connectivity index (χ1) is 7.58. The van der Waals surface area contributed by atoms with Gasteiger partial charge < -0.3 is 19.3 Å². The van der Waals surface area contributed by atoms with E-state index in [2.05, 4.69) is 9.47 Å². The highest BCUT2D eigenvalue weighted by Gasteiger charge is 2.25. The van der Waals surface area contributed by atoms with Crippen LogP contribution in [0.4, 0.5) is 0 Å². The molecule has 6 heteroatoms. The summed E-state index contributed by atoms with van der Waals surface area (Å²) in [5.41, 5.74) is 0. The quantitative estimate of drug-likeness (QED) is 0.619. The van der Waals surface area contributed by atoms with E-state index in [9.17, 15) is 9.59 Å². The zero-order valence-corrected chi connectivity index (χ0v) is 9.67. The van der Waals surface area contributed by atoms with Crippen LogP contribution in [0, 0.1) is 0 Å². The highest BCUT2D eigenvalue weighted by atomic mass is 16.5. The summed E-state index contributed by atoms with van der Waals surface area (Å²) in [6.07, 6.45) is 3.45. The van der Waals surface area contributed by atoms with E-state index in [1.807, 2.05) is 6.92 Å². The van der Waals surface area contributed by atoms with E-state index >= 15 is 0 Å². The zero-order chi connectivity index (χ0) is 12.1. The minimum Gasteiger partial charge on any atom is -0.468 e. The number of carbonyl (C=O) groups excluding carboxylic acids is 2. The summed E-state index contributed by atoms with van der Waals surface area (Å²) < 4.78 is 9.15. The molecule has 1 rings (SSSR count). The van der Waals surface area contributed by atoms with Gasteiger partial charge in [-0.05, 0) is 6.92 Å². The Morgan fingerprint density at radius 2 is 1.44 bits per heavy atom. The third-order valence-electron chi connectivity index (χ3n) is 2.49. The van der Waals surface area contributed by atoms with Gasteiger partial charge in [0, 0.05) is 12.4 Å². The van der Waals surface area contributed by atoms with Crippen LogP contribution in [0.2, 0.25) is 0 Å². The number of rotatable bonds is 4. The van der Waals surface area contributed by atoms with Gasteiger partial charge in [0.15, 0.2) is 0 Å². The summed E-state index contributed by atoms with van der Waals surface area (Å²) in [4.78, 5) is 25.8. The maximum Gasteiger partial charge on any atom is 0.325 e. The van der Waals surface area contributed by atoms with Crippen molar-refractivity contribution in [2.45, 2.75) is 13.1 Å². The Kier molecular flexibility index (Phi) is 4.16. The predicted octanol–water partition coefficient (Wildman–Crippen LogP) is -0.233. The molecule has 90 valence electrons. The van der Waals surface area contributed by atoms with Crippen LogP contribution in [-0.4, -0.2) is 55.2 Å². The minimum atomic E-state index is -0.309. The summed E-state index contributed by atoms with van der Waals surface area (Å²) in [6, 6.07) is 0. The molecule has 0 unspecified atom stereocenters. The molecule has 0 radical (unpaired) electrons. The van der Waals surface area contributed by atoms with Gasteiger partial charge in [-0.2, -0.15) is 0 Å². The van der Waals surface area contributed by atoms with Crippen molar-refractivity contribution in [3.8, 4) is 0 Å². The Bertz CT molecular complexity index is 275. The lowest BCUT2D eigenvalue weighted by Gasteiger charge is -2.27. The van der Waals surface area contributed by atoms with E-state index in [-0.39, 0.29) is 31.2 Å². The molecule has 0 aliphatic carbocycles. The van der Waals surface area contributed by atoms with Crippen molar-refractivity contribution in [1.29, 1.82) is 0 Å². The summed E-state index contributed by atoms with van der Waals surface area (Å²) in [7, 11) is 2.69. The van der Waals surface area contributed by atoms with Gasteiger partial charge in [-0.3, -0.25) is 9.59 Å². The second kappa shape index (κ2) is 5.39. The van der Waals surface area contributed by atoms with Gasteiger partial charge >= 0.3 is 11.9 Å². The van der Waals surface area contributed by atoms with Crippen molar-refractivity contribution in [2.24, 2.45) is 0 Å². The van der Waals surface area contributed by atoms with Crippen LogP contribution in [0.25, 0.3) is 0 Å². The number of esters is 2. The molecule has 0 aromatic rings. The van der Waals surface area contributed by atoms with Crippen LogP contribution in [-0.2, 0) is 19.1 Å². The first-order valence-corrected chi connectivity index (χ1v) is 4.92. The fourth-order valence-corrected chi connectivity index (χ4v) is 1.41. The fourth-order valence-electron chi connectivity index (χ4n) is 1.41. The van der Waals surface area contributed by atoms with E-state index in [4.69, 9.17) is 0 Å². The molecular weight excluding hydrogens is 212 g/mol. The summed E-state index contributed by atoms with van der Waals surface area (Å²) >= 11 is 0. The molecule has 0 spiro atoms. The third-order valence-corrected chi connectivity index (χ3v) is 2.49. The Morgan fingerprint density at radius 1 is 1.06 bits per heavy atom. The molecule has 0 fully saturated rings. The average molecular weight is 228 g/mol. The molecule has 0 bridgehead atoms. The van der Waals surface area contributed by atoms with E-state index in [1.54, 1.807) is 22.2 Å². The lowest BCUT2D eigenvalue weighted by atomic mass is 10.4. The molecule has 16 heavy (non-hydrogen) atoms. The molecule has 1 aliphatic rings. The summed E-state index contributed by atoms with van der Waals surface area (Å²) in [6.45, 7) is 2.24. The number of carbonyl (C=O) groups is 2. The first-order valence-electron chi connectivity index (χ1n) is 4.92. The van der Waals surface area contributed by atoms with Crippen LogP contribution >= 0.6 is 0 Å². The monoisotopic (exact) mass is 228 g/mol. The zero-order valence-electron chi connectivity index (χ0n) is 9.67. The first kappa shape index (κ1) is 12.4. The van der Waals surface area contributed by atoms with E-state index in [0.717, 1.165) is 0 Å². The number of hydrogen-bond donors (Lipinski definition) is 0. The van der Waals surface area contributed by atoms with Crippen molar-refractivity contribution in [1.82, 2.24) is 9.80 Å². The van der Waals surface area contributed by atoms with Crippen LogP contribution in [0.1, 0.15) is 6.92 Å². The van der Waals surface area contributed by atoms with Gasteiger partial charge in [-0.1, -0.05) is 0 Å². The molecular formula is C10H16N2O4. The molecule has 0 amide bonds. The lowest BCUT2D eigenvalue weighted by Crippen LogP contribution is -2.41. The molecule has 0 aromatic heterocycles. The molecule has 0 atom stereocenters. The smallest absolute Gasteiger partial charge is 0.325 e. The second-order valence-corrected chi connectivity index (χ2v) is 3.43. The molecule has 0 aromatic carbocycles. The summed E-state index contributed by atoms with van der Waals surface area (Å²) in [5.74, 6) is -0.618. The average Bonchev–Trinajstić information content (AvgIpc) is 2.61. The third kappa shape index (κ3) is 2.88. The molecule has 6 nitrogen and oxygen atoms in total. The van der Waals surface area contributed by atoms with E-state index in [1.165, 1.54) is 14.2 Å². The second-order valence-electron chi connectivity index (χ2n) is 3.43. The van der Waals surface area contributed by atoms with Crippen LogP contribution in [0.15, 0.2) is 12.4 Å².